The van der Waals surface area contributed by atoms with E-state index in [1.54, 1.807) is 6.33 Å². The molecule has 1 fully saturated rings. The average molecular weight is 371 g/mol. The van der Waals surface area contributed by atoms with Crippen LogP contribution in [0.25, 0.3) is 22.7 Å². The Kier molecular flexibility index (Phi) is 3.87. The second kappa shape index (κ2) is 6.42. The summed E-state index contributed by atoms with van der Waals surface area (Å²) in [5.41, 5.74) is 4.24. The van der Waals surface area contributed by atoms with Gasteiger partial charge in [0, 0.05) is 30.5 Å². The van der Waals surface area contributed by atoms with E-state index in [9.17, 15) is 0 Å². The molecule has 0 amide bonds. The highest BCUT2D eigenvalue weighted by atomic mass is 16.5. The third-order valence-electron chi connectivity index (χ3n) is 5.55. The normalized spacial score (nSPS) is 15.5. The van der Waals surface area contributed by atoms with Crippen molar-refractivity contribution in [2.45, 2.75) is 11.8 Å². The molecule has 0 bridgehead atoms. The van der Waals surface area contributed by atoms with Crippen molar-refractivity contribution >= 4 is 17.0 Å². The molecule has 3 heterocycles. The van der Waals surface area contributed by atoms with Crippen LogP contribution in [0.2, 0.25) is 0 Å². The second-order valence-electron chi connectivity index (χ2n) is 7.45. The zero-order chi connectivity index (χ0) is 19.1. The molecular formula is C22H21N5O. The van der Waals surface area contributed by atoms with Crippen LogP contribution in [0.1, 0.15) is 17.0 Å². The third kappa shape index (κ3) is 2.73. The number of hydrogen-bond acceptors (Lipinski definition) is 4. The molecule has 2 aromatic heterocycles. The fourth-order valence-corrected chi connectivity index (χ4v) is 3.76. The van der Waals surface area contributed by atoms with Gasteiger partial charge in [0.15, 0.2) is 0 Å². The predicted octanol–water partition coefficient (Wildman–Crippen LogP) is 3.31. The van der Waals surface area contributed by atoms with Gasteiger partial charge >= 0.3 is 0 Å². The molecule has 2 aromatic carbocycles. The lowest BCUT2D eigenvalue weighted by Crippen LogP contribution is -2.49. The highest BCUT2D eigenvalue weighted by Crippen LogP contribution is 2.36. The van der Waals surface area contributed by atoms with E-state index in [0.717, 1.165) is 34.4 Å². The third-order valence-corrected chi connectivity index (χ3v) is 5.55. The molecule has 4 aromatic rings. The monoisotopic (exact) mass is 371 g/mol. The number of ether oxygens (including phenoxy) is 1. The molecule has 6 heteroatoms. The van der Waals surface area contributed by atoms with Gasteiger partial charge in [0.2, 0.25) is 0 Å². The summed E-state index contributed by atoms with van der Waals surface area (Å²) in [7, 11) is 1.98. The minimum atomic E-state index is -0.0701. The second-order valence-corrected chi connectivity index (χ2v) is 7.45. The first-order valence-electron chi connectivity index (χ1n) is 9.30. The number of fused-ring (bicyclic) bond motifs is 1. The van der Waals surface area contributed by atoms with Gasteiger partial charge in [-0.15, -0.1) is 10.2 Å². The Morgan fingerprint density at radius 1 is 1.21 bits per heavy atom. The van der Waals surface area contributed by atoms with Crippen LogP contribution in [-0.4, -0.2) is 37.8 Å². The zero-order valence-corrected chi connectivity index (χ0v) is 15.7. The fraction of sp³-hybridized carbons (Fsp3) is 0.227. The first-order valence-corrected chi connectivity index (χ1v) is 9.30. The molecule has 0 N–H and O–H groups in total. The first kappa shape index (κ1) is 16.9. The molecule has 0 aliphatic carbocycles. The molecule has 1 aliphatic heterocycles. The summed E-state index contributed by atoms with van der Waals surface area (Å²) < 4.78 is 9.53. The van der Waals surface area contributed by atoms with Crippen LogP contribution in [-0.2, 0) is 23.6 Å². The number of benzene rings is 2. The summed E-state index contributed by atoms with van der Waals surface area (Å²) in [6.45, 7) is 5.21. The zero-order valence-electron chi connectivity index (χ0n) is 15.7. The summed E-state index contributed by atoms with van der Waals surface area (Å²) in [5, 5.41) is 14.1. The Bertz CT molecular complexity index is 1170. The summed E-state index contributed by atoms with van der Waals surface area (Å²) in [6, 6.07) is 14.7. The molecule has 28 heavy (non-hydrogen) atoms. The summed E-state index contributed by atoms with van der Waals surface area (Å²) in [6.07, 6.45) is 6.45. The Labute approximate surface area is 163 Å². The minimum Gasteiger partial charge on any atom is -0.379 e. The van der Waals surface area contributed by atoms with Gasteiger partial charge in [-0.2, -0.15) is 5.10 Å². The molecule has 0 atom stereocenters. The summed E-state index contributed by atoms with van der Waals surface area (Å²) in [4.78, 5) is 0. The number of aryl methyl sites for hydroxylation is 1. The van der Waals surface area contributed by atoms with Gasteiger partial charge in [-0.25, -0.2) is 4.68 Å². The lowest BCUT2D eigenvalue weighted by molar-refractivity contribution is -0.0611. The average Bonchev–Trinajstić information content (AvgIpc) is 3.30. The lowest BCUT2D eigenvalue weighted by atomic mass is 9.75. The van der Waals surface area contributed by atoms with Crippen molar-refractivity contribution in [3.05, 3.63) is 78.5 Å². The van der Waals surface area contributed by atoms with Crippen molar-refractivity contribution in [3.8, 4) is 5.69 Å². The van der Waals surface area contributed by atoms with Crippen LogP contribution in [0.15, 0.2) is 61.6 Å². The topological polar surface area (TPSA) is 57.8 Å². The SMILES string of the molecule is C=Cc1ccc2cn(-c3cccc(C4(Cc5nncn5C)COC4)c3)nc2c1. The van der Waals surface area contributed by atoms with Gasteiger partial charge in [0.05, 0.1) is 24.4 Å². The lowest BCUT2D eigenvalue weighted by Gasteiger charge is -2.41. The van der Waals surface area contributed by atoms with Crippen molar-refractivity contribution in [1.82, 2.24) is 24.5 Å². The molecule has 5 rings (SSSR count). The number of rotatable bonds is 5. The molecule has 0 unspecified atom stereocenters. The van der Waals surface area contributed by atoms with Crippen LogP contribution >= 0.6 is 0 Å². The molecule has 140 valence electrons. The van der Waals surface area contributed by atoms with Crippen LogP contribution < -0.4 is 0 Å². The van der Waals surface area contributed by atoms with Crippen LogP contribution in [0, 0.1) is 0 Å². The van der Waals surface area contributed by atoms with Crippen molar-refractivity contribution < 1.29 is 4.74 Å². The Morgan fingerprint density at radius 3 is 2.82 bits per heavy atom. The molecule has 1 aliphatic rings. The van der Waals surface area contributed by atoms with Gasteiger partial charge in [-0.1, -0.05) is 36.9 Å². The largest absolute Gasteiger partial charge is 0.379 e. The highest BCUT2D eigenvalue weighted by molar-refractivity contribution is 5.81. The van der Waals surface area contributed by atoms with E-state index in [1.165, 1.54) is 5.56 Å². The highest BCUT2D eigenvalue weighted by Gasteiger charge is 2.41. The van der Waals surface area contributed by atoms with Gasteiger partial charge in [-0.05, 0) is 29.3 Å². The predicted molar refractivity (Wildman–Crippen MR) is 108 cm³/mol. The Hall–Kier alpha value is -3.25. The Morgan fingerprint density at radius 2 is 2.11 bits per heavy atom. The number of nitrogens with zero attached hydrogens (tertiary/aromatic N) is 5. The minimum absolute atomic E-state index is 0.0701. The molecule has 0 saturated carbocycles. The van der Waals surface area contributed by atoms with Gasteiger partial charge < -0.3 is 9.30 Å². The number of aromatic nitrogens is 5. The molecule has 0 radical (unpaired) electrons. The van der Waals surface area contributed by atoms with Crippen LogP contribution in [0.3, 0.4) is 0 Å². The smallest absolute Gasteiger partial charge is 0.133 e. The van der Waals surface area contributed by atoms with E-state index in [1.807, 2.05) is 22.4 Å². The quantitative estimate of drug-likeness (QED) is 0.540. The number of hydrogen-bond donors (Lipinski definition) is 0. The van der Waals surface area contributed by atoms with Crippen molar-refractivity contribution in [2.24, 2.45) is 7.05 Å². The van der Waals surface area contributed by atoms with Gasteiger partial charge in [0.25, 0.3) is 0 Å². The molecular weight excluding hydrogens is 350 g/mol. The van der Waals surface area contributed by atoms with E-state index in [2.05, 4.69) is 65.4 Å². The maximum absolute atomic E-state index is 5.61. The Balaban J connectivity index is 1.52. The molecule has 0 spiro atoms. The van der Waals surface area contributed by atoms with Crippen LogP contribution in [0.5, 0.6) is 0 Å². The molecule has 6 nitrogen and oxygen atoms in total. The standard InChI is InChI=1S/C22H21N5O/c1-3-16-7-8-17-12-27(25-20(17)9-16)19-6-4-5-18(10-19)22(13-28-14-22)11-21-24-23-15-26(21)2/h3-10,12,15H,1,11,13-14H2,2H3. The van der Waals surface area contributed by atoms with Crippen molar-refractivity contribution in [1.29, 1.82) is 0 Å². The van der Waals surface area contributed by atoms with E-state index in [0.29, 0.717) is 13.2 Å². The molecule has 1 saturated heterocycles. The van der Waals surface area contributed by atoms with Crippen LogP contribution in [0.4, 0.5) is 0 Å². The van der Waals surface area contributed by atoms with Gasteiger partial charge in [0.1, 0.15) is 12.2 Å². The van der Waals surface area contributed by atoms with Crippen molar-refractivity contribution in [2.75, 3.05) is 13.2 Å². The fourth-order valence-electron chi connectivity index (χ4n) is 3.76. The maximum Gasteiger partial charge on any atom is 0.133 e. The summed E-state index contributed by atoms with van der Waals surface area (Å²) in [5.74, 6) is 0.968. The van der Waals surface area contributed by atoms with E-state index in [4.69, 9.17) is 9.84 Å². The first-order chi connectivity index (χ1) is 13.7. The van der Waals surface area contributed by atoms with E-state index < -0.39 is 0 Å². The van der Waals surface area contributed by atoms with Gasteiger partial charge in [-0.3, -0.25) is 0 Å². The maximum atomic E-state index is 5.61. The summed E-state index contributed by atoms with van der Waals surface area (Å²) >= 11 is 0. The van der Waals surface area contributed by atoms with Crippen molar-refractivity contribution in [3.63, 3.8) is 0 Å². The van der Waals surface area contributed by atoms with E-state index >= 15 is 0 Å². The van der Waals surface area contributed by atoms with E-state index in [-0.39, 0.29) is 5.41 Å².